The fraction of sp³-hybridized carbons (Fsp3) is 0.500. The minimum atomic E-state index is -0.633. The molecule has 0 bridgehead atoms. The largest absolute Gasteiger partial charge is 0.372 e. The van der Waals surface area contributed by atoms with Gasteiger partial charge in [0.1, 0.15) is 17.7 Å². The number of halogens is 2. The van der Waals surface area contributed by atoms with Crippen LogP contribution in [0.2, 0.25) is 0 Å². The van der Waals surface area contributed by atoms with Crippen molar-refractivity contribution in [1.29, 1.82) is 0 Å². The molecular formula is C14H17F2NO2. The molecule has 1 aliphatic carbocycles. The van der Waals surface area contributed by atoms with Crippen LogP contribution in [0, 0.1) is 11.6 Å². The average Bonchev–Trinajstić information content (AvgIpc) is 3.10. The molecule has 5 heteroatoms. The van der Waals surface area contributed by atoms with E-state index in [1.807, 2.05) is 6.92 Å². The van der Waals surface area contributed by atoms with Crippen LogP contribution in [0.15, 0.2) is 18.2 Å². The number of hydrogen-bond donors (Lipinski definition) is 1. The van der Waals surface area contributed by atoms with E-state index in [0.717, 1.165) is 6.07 Å². The number of carbonyl (C=O) groups is 1. The molecule has 1 N–H and O–H groups in total. The maximum atomic E-state index is 13.2. The zero-order valence-electron chi connectivity index (χ0n) is 11.0. The van der Waals surface area contributed by atoms with Gasteiger partial charge in [0.05, 0.1) is 5.54 Å². The number of ether oxygens (including phenoxy) is 1. The molecule has 0 aromatic heterocycles. The molecule has 0 saturated heterocycles. The third-order valence-corrected chi connectivity index (χ3v) is 3.48. The van der Waals surface area contributed by atoms with E-state index in [0.29, 0.717) is 24.8 Å². The molecule has 2 rings (SSSR count). The normalized spacial score (nSPS) is 17.9. The summed E-state index contributed by atoms with van der Waals surface area (Å²) in [6.07, 6.45) is 1.38. The average molecular weight is 269 g/mol. The third kappa shape index (κ3) is 2.92. The van der Waals surface area contributed by atoms with Crippen LogP contribution in [0.1, 0.15) is 31.7 Å². The van der Waals surface area contributed by atoms with Crippen LogP contribution < -0.4 is 5.32 Å². The molecule has 0 heterocycles. The highest BCUT2D eigenvalue weighted by molar-refractivity contribution is 5.82. The lowest BCUT2D eigenvalue weighted by molar-refractivity contribution is -0.132. The summed E-state index contributed by atoms with van der Waals surface area (Å²) in [6, 6.07) is 3.36. The van der Waals surface area contributed by atoms with Crippen molar-refractivity contribution < 1.29 is 18.3 Å². The maximum Gasteiger partial charge on any atom is 0.249 e. The predicted octanol–water partition coefficient (Wildman–Crippen LogP) is 2.50. The molecule has 0 aliphatic heterocycles. The van der Waals surface area contributed by atoms with Gasteiger partial charge in [0.25, 0.3) is 0 Å². The Morgan fingerprint density at radius 2 is 1.95 bits per heavy atom. The van der Waals surface area contributed by atoms with Gasteiger partial charge in [-0.2, -0.15) is 0 Å². The summed E-state index contributed by atoms with van der Waals surface area (Å²) in [7, 11) is 1.47. The monoisotopic (exact) mass is 269 g/mol. The van der Waals surface area contributed by atoms with E-state index in [1.54, 1.807) is 0 Å². The Morgan fingerprint density at radius 3 is 2.37 bits per heavy atom. The van der Waals surface area contributed by atoms with Crippen molar-refractivity contribution in [2.24, 2.45) is 0 Å². The van der Waals surface area contributed by atoms with Crippen molar-refractivity contribution in [3.8, 4) is 0 Å². The Hall–Kier alpha value is -1.49. The van der Waals surface area contributed by atoms with Crippen LogP contribution in [0.25, 0.3) is 0 Å². The van der Waals surface area contributed by atoms with Crippen molar-refractivity contribution in [2.75, 3.05) is 7.11 Å². The van der Waals surface area contributed by atoms with E-state index in [2.05, 4.69) is 5.32 Å². The topological polar surface area (TPSA) is 38.3 Å². The lowest BCUT2D eigenvalue weighted by Gasteiger charge is -2.21. The second-order valence-corrected chi connectivity index (χ2v) is 4.86. The summed E-state index contributed by atoms with van der Waals surface area (Å²) in [6.45, 7) is 1.84. The number of benzene rings is 1. The van der Waals surface area contributed by atoms with Crippen LogP contribution in [0.5, 0.6) is 0 Å². The molecule has 1 fully saturated rings. The van der Waals surface area contributed by atoms with Crippen molar-refractivity contribution in [3.63, 3.8) is 0 Å². The Kier molecular flexibility index (Phi) is 3.85. The summed E-state index contributed by atoms with van der Waals surface area (Å²) < 4.78 is 31.5. The van der Waals surface area contributed by atoms with E-state index in [4.69, 9.17) is 4.74 Å². The standard InChI is InChI=1S/C14H17F2NO2/c1-3-12(19-2)13(18)17-14(4-5-14)9-6-10(15)8-11(16)7-9/h6-8,12H,3-5H2,1-2H3,(H,17,18)/t12-/m0/s1. The number of hydrogen-bond acceptors (Lipinski definition) is 2. The Balaban J connectivity index is 2.17. The summed E-state index contributed by atoms with van der Waals surface area (Å²) in [4.78, 5) is 12.0. The first-order chi connectivity index (χ1) is 9.00. The zero-order chi connectivity index (χ0) is 14.0. The fourth-order valence-corrected chi connectivity index (χ4v) is 2.22. The zero-order valence-corrected chi connectivity index (χ0v) is 11.0. The first-order valence-electron chi connectivity index (χ1n) is 6.32. The number of carbonyl (C=O) groups excluding carboxylic acids is 1. The minimum absolute atomic E-state index is 0.243. The van der Waals surface area contributed by atoms with E-state index in [1.165, 1.54) is 19.2 Å². The molecule has 0 unspecified atom stereocenters. The molecule has 1 saturated carbocycles. The fourth-order valence-electron chi connectivity index (χ4n) is 2.22. The summed E-state index contributed by atoms with van der Waals surface area (Å²) in [5, 5.41) is 2.84. The molecule has 3 nitrogen and oxygen atoms in total. The Bertz CT molecular complexity index is 462. The van der Waals surface area contributed by atoms with Gasteiger partial charge in [-0.15, -0.1) is 0 Å². The van der Waals surface area contributed by atoms with Crippen LogP contribution >= 0.6 is 0 Å². The SMILES string of the molecule is CC[C@H](OC)C(=O)NC1(c2cc(F)cc(F)c2)CC1. The highest BCUT2D eigenvalue weighted by Crippen LogP contribution is 2.46. The van der Waals surface area contributed by atoms with Gasteiger partial charge in [-0.1, -0.05) is 6.92 Å². The lowest BCUT2D eigenvalue weighted by atomic mass is 10.0. The summed E-state index contributed by atoms with van der Waals surface area (Å²) in [5.41, 5.74) is -0.157. The van der Waals surface area contributed by atoms with Crippen LogP contribution in [-0.2, 0) is 15.1 Å². The smallest absolute Gasteiger partial charge is 0.249 e. The van der Waals surface area contributed by atoms with E-state index in [9.17, 15) is 13.6 Å². The lowest BCUT2D eigenvalue weighted by Crippen LogP contribution is -2.42. The third-order valence-electron chi connectivity index (χ3n) is 3.48. The first-order valence-corrected chi connectivity index (χ1v) is 6.32. The van der Waals surface area contributed by atoms with Crippen molar-refractivity contribution in [1.82, 2.24) is 5.32 Å². The molecule has 1 aromatic carbocycles. The van der Waals surface area contributed by atoms with Gasteiger partial charge in [-0.25, -0.2) is 8.78 Å². The molecule has 1 amide bonds. The highest BCUT2D eigenvalue weighted by Gasteiger charge is 2.46. The second kappa shape index (κ2) is 5.25. The van der Waals surface area contributed by atoms with E-state index < -0.39 is 23.3 Å². The molecular weight excluding hydrogens is 252 g/mol. The Morgan fingerprint density at radius 1 is 1.37 bits per heavy atom. The molecule has 0 radical (unpaired) electrons. The van der Waals surface area contributed by atoms with Gasteiger partial charge >= 0.3 is 0 Å². The van der Waals surface area contributed by atoms with Crippen LogP contribution in [0.4, 0.5) is 8.78 Å². The Labute approximate surface area is 111 Å². The predicted molar refractivity (Wildman–Crippen MR) is 66.5 cm³/mol. The van der Waals surface area contributed by atoms with Gasteiger partial charge in [0.2, 0.25) is 5.91 Å². The first kappa shape index (κ1) is 13.9. The highest BCUT2D eigenvalue weighted by atomic mass is 19.1. The maximum absolute atomic E-state index is 13.2. The van der Waals surface area contributed by atoms with Crippen molar-refractivity contribution in [2.45, 2.75) is 37.8 Å². The van der Waals surface area contributed by atoms with Gasteiger partial charge in [0.15, 0.2) is 0 Å². The summed E-state index contributed by atoms with van der Waals surface area (Å²) >= 11 is 0. The quantitative estimate of drug-likeness (QED) is 0.892. The van der Waals surface area contributed by atoms with Gasteiger partial charge in [-0.3, -0.25) is 4.79 Å². The molecule has 1 atom stereocenters. The molecule has 19 heavy (non-hydrogen) atoms. The van der Waals surface area contributed by atoms with Crippen molar-refractivity contribution >= 4 is 5.91 Å². The number of amides is 1. The van der Waals surface area contributed by atoms with Gasteiger partial charge in [0, 0.05) is 13.2 Å². The van der Waals surface area contributed by atoms with Crippen LogP contribution in [-0.4, -0.2) is 19.1 Å². The van der Waals surface area contributed by atoms with Gasteiger partial charge < -0.3 is 10.1 Å². The molecule has 1 aliphatic rings. The van der Waals surface area contributed by atoms with Gasteiger partial charge in [-0.05, 0) is 37.0 Å². The van der Waals surface area contributed by atoms with E-state index in [-0.39, 0.29) is 5.91 Å². The summed E-state index contributed by atoms with van der Waals surface area (Å²) in [5.74, 6) is -1.50. The van der Waals surface area contributed by atoms with Crippen LogP contribution in [0.3, 0.4) is 0 Å². The number of rotatable bonds is 5. The molecule has 104 valence electrons. The minimum Gasteiger partial charge on any atom is -0.372 e. The van der Waals surface area contributed by atoms with E-state index >= 15 is 0 Å². The van der Waals surface area contributed by atoms with Crippen molar-refractivity contribution in [3.05, 3.63) is 35.4 Å². The molecule has 1 aromatic rings. The molecule has 0 spiro atoms. The number of methoxy groups -OCH3 is 1. The number of nitrogens with one attached hydrogen (secondary N) is 1. The second-order valence-electron chi connectivity index (χ2n) is 4.86.